The zero-order valence-corrected chi connectivity index (χ0v) is 20.9. The number of rotatable bonds is 9. The molecule has 190 valence electrons. The van der Waals surface area contributed by atoms with Gasteiger partial charge in [0.25, 0.3) is 0 Å². The number of hydrogen-bond donors (Lipinski definition) is 0. The van der Waals surface area contributed by atoms with Gasteiger partial charge in [-0.05, 0) is 55.3 Å². The molecule has 2 atom stereocenters. The van der Waals surface area contributed by atoms with E-state index in [-0.39, 0.29) is 12.5 Å². The van der Waals surface area contributed by atoms with Crippen LogP contribution in [0, 0.1) is 5.92 Å². The number of fused-ring (bicyclic) bond motifs is 3. The average molecular weight is 500 g/mol. The van der Waals surface area contributed by atoms with Gasteiger partial charge in [0.15, 0.2) is 5.92 Å². The zero-order chi connectivity index (χ0) is 25.8. The first kappa shape index (κ1) is 24.5. The maximum absolute atomic E-state index is 13.9. The predicted octanol–water partition coefficient (Wildman–Crippen LogP) is 4.98. The van der Waals surface area contributed by atoms with Crippen LogP contribution >= 0.6 is 0 Å². The Morgan fingerprint density at radius 3 is 2.51 bits per heavy atom. The number of imidazole rings is 1. The maximum atomic E-state index is 13.9. The molecule has 0 N–H and O–H groups in total. The molecule has 2 heterocycles. The number of methoxy groups -OCH3 is 1. The van der Waals surface area contributed by atoms with Gasteiger partial charge in [-0.1, -0.05) is 42.5 Å². The smallest absolute Gasteiger partial charge is 0.321 e. The number of carbonyl (C=O) groups is 2. The van der Waals surface area contributed by atoms with Crippen LogP contribution in [0.25, 0.3) is 11.0 Å². The third kappa shape index (κ3) is 4.80. The molecule has 0 fully saturated rings. The van der Waals surface area contributed by atoms with E-state index < -0.39 is 17.9 Å². The molecule has 0 radical (unpaired) electrons. The van der Waals surface area contributed by atoms with Crippen molar-refractivity contribution >= 4 is 28.9 Å². The lowest BCUT2D eigenvalue weighted by atomic mass is 9.89. The van der Waals surface area contributed by atoms with Crippen molar-refractivity contribution in [3.8, 4) is 11.5 Å². The minimum Gasteiger partial charge on any atom is -0.465 e. The Morgan fingerprint density at radius 2 is 1.73 bits per heavy atom. The Bertz CT molecular complexity index is 1400. The molecular weight excluding hydrogens is 470 g/mol. The fourth-order valence-corrected chi connectivity index (χ4v) is 4.81. The monoisotopic (exact) mass is 499 g/mol. The number of amides is 1. The third-order valence-electron chi connectivity index (χ3n) is 6.39. The number of aromatic nitrogens is 2. The Hall–Kier alpha value is -4.17. The van der Waals surface area contributed by atoms with Crippen molar-refractivity contribution in [3.05, 3.63) is 84.4 Å². The molecule has 0 spiro atoms. The Kier molecular flexibility index (Phi) is 7.18. The number of ether oxygens (including phenoxy) is 3. The number of anilines is 1. The van der Waals surface area contributed by atoms with Gasteiger partial charge in [0.05, 0.1) is 23.7 Å². The highest BCUT2D eigenvalue weighted by molar-refractivity contribution is 6.08. The van der Waals surface area contributed by atoms with Gasteiger partial charge in [0.1, 0.15) is 11.5 Å². The molecule has 37 heavy (non-hydrogen) atoms. The van der Waals surface area contributed by atoms with Crippen molar-refractivity contribution in [1.82, 2.24) is 9.55 Å². The van der Waals surface area contributed by atoms with Gasteiger partial charge in [-0.15, -0.1) is 0 Å². The van der Waals surface area contributed by atoms with Crippen molar-refractivity contribution in [2.24, 2.45) is 5.92 Å². The lowest BCUT2D eigenvalue weighted by Gasteiger charge is -2.38. The summed E-state index contributed by atoms with van der Waals surface area (Å²) in [4.78, 5) is 33.7. The van der Waals surface area contributed by atoms with Gasteiger partial charge >= 0.3 is 5.97 Å². The molecule has 4 aromatic rings. The van der Waals surface area contributed by atoms with Gasteiger partial charge in [-0.3, -0.25) is 14.5 Å². The van der Waals surface area contributed by atoms with Crippen LogP contribution in [-0.4, -0.2) is 48.3 Å². The summed E-state index contributed by atoms with van der Waals surface area (Å²) in [6, 6.07) is 24.0. The van der Waals surface area contributed by atoms with Crippen LogP contribution in [0.5, 0.6) is 11.5 Å². The van der Waals surface area contributed by atoms with Crippen LogP contribution in [0.4, 0.5) is 5.95 Å². The van der Waals surface area contributed by atoms with E-state index in [1.807, 2.05) is 83.4 Å². The van der Waals surface area contributed by atoms with Crippen LogP contribution in [-0.2, 0) is 19.1 Å². The van der Waals surface area contributed by atoms with Gasteiger partial charge in [-0.25, -0.2) is 4.98 Å². The van der Waals surface area contributed by atoms with E-state index in [1.165, 1.54) is 0 Å². The minimum absolute atomic E-state index is 0.174. The van der Waals surface area contributed by atoms with Crippen molar-refractivity contribution in [3.63, 3.8) is 0 Å². The molecule has 0 aliphatic carbocycles. The summed E-state index contributed by atoms with van der Waals surface area (Å²) >= 11 is 0. The summed E-state index contributed by atoms with van der Waals surface area (Å²) < 4.78 is 18.7. The van der Waals surface area contributed by atoms with Crippen molar-refractivity contribution in [2.45, 2.75) is 19.4 Å². The van der Waals surface area contributed by atoms with E-state index in [4.69, 9.17) is 19.2 Å². The molecule has 5 rings (SSSR count). The highest BCUT2D eigenvalue weighted by Crippen LogP contribution is 2.42. The molecule has 1 amide bonds. The van der Waals surface area contributed by atoms with Crippen molar-refractivity contribution in [2.75, 3.05) is 31.8 Å². The van der Waals surface area contributed by atoms with Gasteiger partial charge in [0.2, 0.25) is 11.9 Å². The number of esters is 1. The van der Waals surface area contributed by atoms with Gasteiger partial charge in [-0.2, -0.15) is 0 Å². The zero-order valence-electron chi connectivity index (χ0n) is 20.9. The molecular formula is C29H29N3O5. The summed E-state index contributed by atoms with van der Waals surface area (Å²) in [5, 5.41) is 0. The average Bonchev–Trinajstić information content (AvgIpc) is 3.29. The maximum Gasteiger partial charge on any atom is 0.321 e. The molecule has 0 unspecified atom stereocenters. The second kappa shape index (κ2) is 10.8. The largest absolute Gasteiger partial charge is 0.465 e. The first-order valence-corrected chi connectivity index (χ1v) is 12.4. The quantitative estimate of drug-likeness (QED) is 0.184. The van der Waals surface area contributed by atoms with Crippen molar-refractivity contribution < 1.29 is 23.8 Å². The van der Waals surface area contributed by atoms with Gasteiger partial charge < -0.3 is 18.8 Å². The van der Waals surface area contributed by atoms with E-state index in [1.54, 1.807) is 18.9 Å². The lowest BCUT2D eigenvalue weighted by Crippen LogP contribution is -2.50. The summed E-state index contributed by atoms with van der Waals surface area (Å²) in [6.07, 6.45) is 0.603. The summed E-state index contributed by atoms with van der Waals surface area (Å²) in [5.41, 5.74) is 2.32. The number of para-hydroxylation sites is 3. The van der Waals surface area contributed by atoms with E-state index in [0.29, 0.717) is 37.0 Å². The Labute approximate surface area is 215 Å². The van der Waals surface area contributed by atoms with E-state index in [2.05, 4.69) is 0 Å². The predicted molar refractivity (Wildman–Crippen MR) is 140 cm³/mol. The van der Waals surface area contributed by atoms with Gasteiger partial charge in [0, 0.05) is 20.3 Å². The van der Waals surface area contributed by atoms with E-state index >= 15 is 0 Å². The molecule has 0 saturated heterocycles. The molecule has 1 aliphatic rings. The van der Waals surface area contributed by atoms with Crippen LogP contribution in [0.1, 0.15) is 24.9 Å². The van der Waals surface area contributed by atoms with Crippen LogP contribution in [0.3, 0.4) is 0 Å². The topological polar surface area (TPSA) is 82.9 Å². The fourth-order valence-electron chi connectivity index (χ4n) is 4.81. The molecule has 3 aromatic carbocycles. The number of hydrogen-bond acceptors (Lipinski definition) is 6. The van der Waals surface area contributed by atoms with Crippen molar-refractivity contribution in [1.29, 1.82) is 0 Å². The summed E-state index contributed by atoms with van der Waals surface area (Å²) in [6.45, 7) is 2.77. The molecule has 0 saturated carbocycles. The first-order chi connectivity index (χ1) is 18.1. The third-order valence-corrected chi connectivity index (χ3v) is 6.39. The van der Waals surface area contributed by atoms with Crippen LogP contribution in [0.2, 0.25) is 0 Å². The minimum atomic E-state index is -1.08. The number of nitrogens with zero attached hydrogens (tertiary/aromatic N) is 3. The van der Waals surface area contributed by atoms with E-state index in [0.717, 1.165) is 16.6 Å². The highest BCUT2D eigenvalue weighted by atomic mass is 16.5. The van der Waals surface area contributed by atoms with E-state index in [9.17, 15) is 9.59 Å². The lowest BCUT2D eigenvalue weighted by molar-refractivity contribution is -0.153. The summed E-state index contributed by atoms with van der Waals surface area (Å²) in [5.74, 6) is -0.183. The number of carbonyl (C=O) groups excluding carboxylic acids is 2. The second-order valence-corrected chi connectivity index (χ2v) is 8.77. The first-order valence-electron chi connectivity index (χ1n) is 12.4. The highest BCUT2D eigenvalue weighted by Gasteiger charge is 2.47. The molecule has 0 bridgehead atoms. The molecule has 1 aromatic heterocycles. The van der Waals surface area contributed by atoms with Crippen LogP contribution < -0.4 is 9.64 Å². The normalized spacial score (nSPS) is 17.0. The van der Waals surface area contributed by atoms with Crippen LogP contribution in [0.15, 0.2) is 78.9 Å². The standard InChI is InChI=1S/C29H29N3O5/c1-3-36-28(34)25-26(20-11-9-14-22(19-20)37-21-12-5-4-6-13-21)32-24-16-8-7-15-23(24)30-29(32)31(27(25)33)17-10-18-35-2/h4-9,11-16,19,25-26H,3,10,17-18H2,1-2H3/t25-,26-/m1/s1. The number of benzene rings is 3. The molecule has 8 nitrogen and oxygen atoms in total. The SMILES string of the molecule is CCOC(=O)[C@H]1C(=O)N(CCCOC)c2nc3ccccc3n2[C@@H]1c1cccc(Oc2ccccc2)c1. The second-order valence-electron chi connectivity index (χ2n) is 8.77. The Morgan fingerprint density at radius 1 is 0.973 bits per heavy atom. The fraction of sp³-hybridized carbons (Fsp3) is 0.276. The Balaban J connectivity index is 1.66. The molecule has 1 aliphatic heterocycles. The summed E-state index contributed by atoms with van der Waals surface area (Å²) in [7, 11) is 1.62. The molecule has 8 heteroatoms.